The summed E-state index contributed by atoms with van der Waals surface area (Å²) in [5.41, 5.74) is -1.93. The van der Waals surface area contributed by atoms with E-state index in [9.17, 15) is 13.3 Å². The van der Waals surface area contributed by atoms with Crippen molar-refractivity contribution in [2.45, 2.75) is 37.5 Å². The summed E-state index contributed by atoms with van der Waals surface area (Å²) >= 11 is 1.51. The van der Waals surface area contributed by atoms with Gasteiger partial charge in [-0.15, -0.1) is 4.72 Å². The summed E-state index contributed by atoms with van der Waals surface area (Å²) in [6, 6.07) is 7.40. The zero-order valence-corrected chi connectivity index (χ0v) is 16.5. The van der Waals surface area contributed by atoms with Crippen LogP contribution in [0.1, 0.15) is 32.8 Å². The Balaban J connectivity index is 3.48. The molecule has 0 spiro atoms. The van der Waals surface area contributed by atoms with Gasteiger partial charge < -0.3 is 4.55 Å². The van der Waals surface area contributed by atoms with Crippen molar-refractivity contribution in [3.63, 3.8) is 0 Å². The highest BCUT2D eigenvalue weighted by molar-refractivity contribution is 9.10. The van der Waals surface area contributed by atoms with Crippen molar-refractivity contribution in [2.75, 3.05) is 6.67 Å². The van der Waals surface area contributed by atoms with Crippen molar-refractivity contribution in [3.8, 4) is 12.1 Å². The minimum absolute atomic E-state index is 0.0338. The van der Waals surface area contributed by atoms with Crippen LogP contribution in [0.3, 0.4) is 0 Å². The topological polar surface area (TPSA) is 82.7 Å². The average Bonchev–Trinajstić information content (AvgIpc) is 2.55. The van der Waals surface area contributed by atoms with Gasteiger partial charge in [-0.3, -0.25) is 0 Å². The van der Waals surface area contributed by atoms with Gasteiger partial charge in [0.1, 0.15) is 40.5 Å². The molecule has 8 heteroatoms. The first kappa shape index (κ1) is 21.6. The quantitative estimate of drug-likeness (QED) is 0.543. The molecule has 134 valence electrons. The molecule has 0 bridgehead atoms. The molecule has 2 atom stereocenters. The predicted octanol–water partition coefficient (Wildman–Crippen LogP) is 4.17. The number of nitriles is 2. The Hall–Kier alpha value is -1.45. The number of nitrogens with one attached hydrogen (secondary N) is 1. The molecule has 0 aromatic heterocycles. The Morgan fingerprint density at radius 1 is 1.36 bits per heavy atom. The highest BCUT2D eigenvalue weighted by Gasteiger charge is 2.42. The van der Waals surface area contributed by atoms with Crippen molar-refractivity contribution in [1.29, 1.82) is 10.5 Å². The molecule has 0 fully saturated rings. The van der Waals surface area contributed by atoms with Gasteiger partial charge >= 0.3 is 0 Å². The normalized spacial score (nSPS) is 14.8. The van der Waals surface area contributed by atoms with Gasteiger partial charge in [-0.1, -0.05) is 22.0 Å². The zero-order chi connectivity index (χ0) is 19.3. The Kier molecular flexibility index (Phi) is 7.58. The van der Waals surface area contributed by atoms with Crippen molar-refractivity contribution in [2.24, 2.45) is 0 Å². The molecule has 1 aromatic rings. The molecule has 1 aromatic carbocycles. The van der Waals surface area contributed by atoms with Crippen LogP contribution >= 0.6 is 15.9 Å². The summed E-state index contributed by atoms with van der Waals surface area (Å²) in [6.07, 6.45) is 1.00. The summed E-state index contributed by atoms with van der Waals surface area (Å²) in [5, 5.41) is 17.8. The molecule has 1 N–H and O–H groups in total. The number of rotatable bonds is 6. The molecule has 0 aliphatic carbocycles. The van der Waals surface area contributed by atoms with E-state index in [1.165, 1.54) is 24.3 Å². The third-order valence-corrected chi connectivity index (χ3v) is 5.59. The summed E-state index contributed by atoms with van der Waals surface area (Å²) < 4.78 is 43.6. The number of benzene rings is 1. The van der Waals surface area contributed by atoms with Crippen LogP contribution in [-0.2, 0) is 16.9 Å². The van der Waals surface area contributed by atoms with Crippen LogP contribution in [0.25, 0.3) is 0 Å². The maximum Gasteiger partial charge on any atom is 0.136 e. The third-order valence-electron chi connectivity index (χ3n) is 3.41. The monoisotopic (exact) mass is 429 g/mol. The van der Waals surface area contributed by atoms with E-state index < -0.39 is 34.1 Å². The third kappa shape index (κ3) is 5.52. The van der Waals surface area contributed by atoms with E-state index in [1.54, 1.807) is 32.9 Å². The van der Waals surface area contributed by atoms with Gasteiger partial charge in [0.2, 0.25) is 0 Å². The van der Waals surface area contributed by atoms with Crippen LogP contribution in [0.15, 0.2) is 34.3 Å². The number of halogens is 3. The summed E-state index contributed by atoms with van der Waals surface area (Å²) in [5.74, 6) is -0.678. The Bertz CT molecular complexity index is 721. The van der Waals surface area contributed by atoms with Crippen LogP contribution in [-0.4, -0.2) is 16.0 Å². The maximum absolute atomic E-state index is 14.4. The summed E-state index contributed by atoms with van der Waals surface area (Å²) in [6.45, 7) is 4.01. The van der Waals surface area contributed by atoms with Gasteiger partial charge in [-0.05, 0) is 45.4 Å². The molecule has 25 heavy (non-hydrogen) atoms. The van der Waals surface area contributed by atoms with Crippen molar-refractivity contribution in [3.05, 3.63) is 45.7 Å². The Labute approximate surface area is 158 Å². The minimum Gasteiger partial charge on any atom is -0.598 e. The van der Waals surface area contributed by atoms with Crippen molar-refractivity contribution >= 4 is 27.3 Å². The van der Waals surface area contributed by atoms with E-state index in [0.29, 0.717) is 4.47 Å². The Morgan fingerprint density at radius 3 is 2.44 bits per heavy atom. The lowest BCUT2D eigenvalue weighted by atomic mass is 9.87. The first-order valence-electron chi connectivity index (χ1n) is 7.31. The SMILES string of the molecule is CC(C)(C)[S+]([O-])N[C@@](CF)(CC=C(C#N)C#N)c1cc(Br)ccc1F. The average molecular weight is 430 g/mol. The highest BCUT2D eigenvalue weighted by Crippen LogP contribution is 2.33. The van der Waals surface area contributed by atoms with E-state index in [4.69, 9.17) is 10.5 Å². The standard InChI is InChI=1S/C17H18BrF2N3OS/c1-16(2,3)25(24)23-17(11-19,7-6-12(9-21)10-22)14-8-13(18)4-5-15(14)20/h4-6,8,23H,7,11H2,1-3H3/t17-,25?/m1/s1. The number of nitrogens with zero attached hydrogens (tertiary/aromatic N) is 2. The molecule has 0 saturated carbocycles. The number of alkyl halides is 1. The molecular weight excluding hydrogens is 412 g/mol. The molecule has 1 unspecified atom stereocenters. The van der Waals surface area contributed by atoms with Gasteiger partial charge in [-0.2, -0.15) is 10.5 Å². The number of hydrogen-bond donors (Lipinski definition) is 1. The highest BCUT2D eigenvalue weighted by atomic mass is 79.9. The van der Waals surface area contributed by atoms with Crippen LogP contribution in [0.4, 0.5) is 8.78 Å². The summed E-state index contributed by atoms with van der Waals surface area (Å²) in [4.78, 5) is 0. The predicted molar refractivity (Wildman–Crippen MR) is 96.7 cm³/mol. The molecule has 0 amide bonds. The first-order chi connectivity index (χ1) is 11.6. The smallest absolute Gasteiger partial charge is 0.136 e. The van der Waals surface area contributed by atoms with E-state index in [0.717, 1.165) is 0 Å². The zero-order valence-electron chi connectivity index (χ0n) is 14.1. The van der Waals surface area contributed by atoms with E-state index in [2.05, 4.69) is 20.7 Å². The molecule has 0 aliphatic heterocycles. The van der Waals surface area contributed by atoms with Crippen LogP contribution in [0.2, 0.25) is 0 Å². The van der Waals surface area contributed by atoms with Crippen molar-refractivity contribution in [1.82, 2.24) is 4.72 Å². The second-order valence-electron chi connectivity index (χ2n) is 6.37. The fraction of sp³-hybridized carbons (Fsp3) is 0.412. The molecule has 0 saturated heterocycles. The minimum atomic E-state index is -1.71. The van der Waals surface area contributed by atoms with Crippen molar-refractivity contribution < 1.29 is 13.3 Å². The molecule has 1 rings (SSSR count). The maximum atomic E-state index is 14.4. The number of allylic oxidation sites excluding steroid dienone is 1. The fourth-order valence-corrected chi connectivity index (χ4v) is 3.22. The van der Waals surface area contributed by atoms with Gasteiger partial charge in [0.05, 0.1) is 0 Å². The van der Waals surface area contributed by atoms with Gasteiger partial charge in [0.15, 0.2) is 0 Å². The van der Waals surface area contributed by atoms with Gasteiger partial charge in [0, 0.05) is 21.4 Å². The van der Waals surface area contributed by atoms with Gasteiger partial charge in [-0.25, -0.2) is 8.78 Å². The van der Waals surface area contributed by atoms with E-state index in [1.807, 2.05) is 0 Å². The molecule has 4 nitrogen and oxygen atoms in total. The molecule has 0 aliphatic rings. The van der Waals surface area contributed by atoms with E-state index in [-0.39, 0.29) is 17.6 Å². The lowest BCUT2D eigenvalue weighted by Gasteiger charge is -2.35. The van der Waals surface area contributed by atoms with E-state index >= 15 is 0 Å². The molecule has 0 radical (unpaired) electrons. The second kappa shape index (κ2) is 8.77. The summed E-state index contributed by atoms with van der Waals surface area (Å²) in [7, 11) is 0. The van der Waals surface area contributed by atoms with Crippen LogP contribution < -0.4 is 4.72 Å². The lowest BCUT2D eigenvalue weighted by molar-refractivity contribution is 0.276. The second-order valence-corrected chi connectivity index (χ2v) is 9.25. The Morgan fingerprint density at radius 2 is 1.96 bits per heavy atom. The first-order valence-corrected chi connectivity index (χ1v) is 9.25. The van der Waals surface area contributed by atoms with Crippen LogP contribution in [0.5, 0.6) is 0 Å². The molecular formula is C17H18BrF2N3OS. The largest absolute Gasteiger partial charge is 0.598 e. The number of hydrogen-bond acceptors (Lipinski definition) is 4. The van der Waals surface area contributed by atoms with Gasteiger partial charge in [0.25, 0.3) is 0 Å². The fourth-order valence-electron chi connectivity index (χ4n) is 1.95. The van der Waals surface area contributed by atoms with Crippen LogP contribution in [0, 0.1) is 28.5 Å². The lowest BCUT2D eigenvalue weighted by Crippen LogP contribution is -2.53. The molecule has 0 heterocycles.